The number of allylic oxidation sites excluding steroid dienone is 4. The molecule has 0 N–H and O–H groups in total. The zero-order chi connectivity index (χ0) is 8.23. The first-order valence-electron chi connectivity index (χ1n) is 4.51. The van der Waals surface area contributed by atoms with Crippen molar-refractivity contribution in [1.29, 1.82) is 0 Å². The highest BCUT2D eigenvalue weighted by Crippen LogP contribution is 2.16. The second-order valence-corrected chi connectivity index (χ2v) is 3.27. The molecular weight excluding hydrogens is 144 g/mol. The van der Waals surface area contributed by atoms with Crippen molar-refractivity contribution < 1.29 is 0 Å². The lowest BCUT2D eigenvalue weighted by molar-refractivity contribution is 0.717. The van der Waals surface area contributed by atoms with E-state index in [2.05, 4.69) is 48.6 Å². The molecule has 0 bridgehead atoms. The van der Waals surface area contributed by atoms with Crippen molar-refractivity contribution in [3.05, 3.63) is 54.1 Å². The van der Waals surface area contributed by atoms with Crippen molar-refractivity contribution in [2.24, 2.45) is 5.92 Å². The van der Waals surface area contributed by atoms with Crippen LogP contribution in [0.3, 0.4) is 0 Å². The quantitative estimate of drug-likeness (QED) is 0.591. The fourth-order valence-corrected chi connectivity index (χ4v) is 1.58. The Morgan fingerprint density at radius 1 is 1.00 bits per heavy atom. The molecule has 62 valence electrons. The van der Waals surface area contributed by atoms with Crippen molar-refractivity contribution in [2.75, 3.05) is 0 Å². The van der Waals surface area contributed by atoms with Crippen LogP contribution in [0, 0.1) is 5.92 Å². The van der Waals surface area contributed by atoms with Gasteiger partial charge in [0.25, 0.3) is 0 Å². The SMILES string of the molecule is C1=CC(CC[c-]2cccc2)C=C1. The number of hydrogen-bond donors (Lipinski definition) is 0. The van der Waals surface area contributed by atoms with Crippen LogP contribution in [0.2, 0.25) is 0 Å². The molecule has 0 atom stereocenters. The lowest BCUT2D eigenvalue weighted by Crippen LogP contribution is -1.91. The summed E-state index contributed by atoms with van der Waals surface area (Å²) in [6.45, 7) is 0. The van der Waals surface area contributed by atoms with Crippen LogP contribution in [0.4, 0.5) is 0 Å². The van der Waals surface area contributed by atoms with E-state index in [9.17, 15) is 0 Å². The van der Waals surface area contributed by atoms with Gasteiger partial charge in [-0.05, 0) is 12.3 Å². The van der Waals surface area contributed by atoms with Crippen LogP contribution in [0.1, 0.15) is 12.0 Å². The van der Waals surface area contributed by atoms with Crippen molar-refractivity contribution in [2.45, 2.75) is 12.8 Å². The molecule has 0 saturated heterocycles. The fraction of sp³-hybridized carbons (Fsp3) is 0.250. The van der Waals surface area contributed by atoms with Gasteiger partial charge in [-0.1, -0.05) is 30.7 Å². The average Bonchev–Trinajstić information content (AvgIpc) is 2.74. The van der Waals surface area contributed by atoms with E-state index in [1.165, 1.54) is 18.4 Å². The Morgan fingerprint density at radius 2 is 1.67 bits per heavy atom. The van der Waals surface area contributed by atoms with Gasteiger partial charge in [0.2, 0.25) is 0 Å². The minimum atomic E-state index is 0.680. The molecule has 0 fully saturated rings. The van der Waals surface area contributed by atoms with Crippen molar-refractivity contribution >= 4 is 0 Å². The Balaban J connectivity index is 1.83. The first-order valence-corrected chi connectivity index (χ1v) is 4.51. The minimum Gasteiger partial charge on any atom is -0.213 e. The average molecular weight is 157 g/mol. The summed E-state index contributed by atoms with van der Waals surface area (Å²) in [5.74, 6) is 0.680. The lowest BCUT2D eigenvalue weighted by Gasteiger charge is -2.05. The summed E-state index contributed by atoms with van der Waals surface area (Å²) in [5, 5.41) is 0. The third-order valence-electron chi connectivity index (χ3n) is 2.33. The molecule has 0 aromatic heterocycles. The van der Waals surface area contributed by atoms with Gasteiger partial charge in [-0.2, -0.15) is 17.7 Å². The van der Waals surface area contributed by atoms with Gasteiger partial charge in [0.05, 0.1) is 0 Å². The molecule has 1 aromatic carbocycles. The zero-order valence-electron chi connectivity index (χ0n) is 7.11. The van der Waals surface area contributed by atoms with E-state index >= 15 is 0 Å². The third-order valence-corrected chi connectivity index (χ3v) is 2.33. The summed E-state index contributed by atoms with van der Waals surface area (Å²) in [4.78, 5) is 0. The molecule has 0 amide bonds. The van der Waals surface area contributed by atoms with Crippen molar-refractivity contribution in [3.8, 4) is 0 Å². The molecule has 0 nitrogen and oxygen atoms in total. The number of aryl methyl sites for hydroxylation is 1. The van der Waals surface area contributed by atoms with Gasteiger partial charge >= 0.3 is 0 Å². The Kier molecular flexibility index (Phi) is 2.17. The highest BCUT2D eigenvalue weighted by Gasteiger charge is 2.01. The number of hydrogen-bond acceptors (Lipinski definition) is 0. The van der Waals surface area contributed by atoms with Gasteiger partial charge in [0.15, 0.2) is 0 Å². The maximum absolute atomic E-state index is 2.27. The third kappa shape index (κ3) is 1.70. The maximum atomic E-state index is 2.27. The summed E-state index contributed by atoms with van der Waals surface area (Å²) in [6, 6.07) is 8.61. The largest absolute Gasteiger partial charge is 0.213 e. The molecule has 0 heterocycles. The van der Waals surface area contributed by atoms with Gasteiger partial charge in [-0.3, -0.25) is 0 Å². The first-order chi connectivity index (χ1) is 5.95. The molecule has 0 unspecified atom stereocenters. The predicted molar refractivity (Wildman–Crippen MR) is 52.1 cm³/mol. The van der Waals surface area contributed by atoms with E-state index in [1.54, 1.807) is 0 Å². The van der Waals surface area contributed by atoms with E-state index in [0.29, 0.717) is 5.92 Å². The summed E-state index contributed by atoms with van der Waals surface area (Å²) < 4.78 is 0. The summed E-state index contributed by atoms with van der Waals surface area (Å²) in [6.07, 6.45) is 11.3. The molecule has 0 spiro atoms. The molecule has 12 heavy (non-hydrogen) atoms. The number of rotatable bonds is 3. The molecule has 0 aliphatic heterocycles. The highest BCUT2D eigenvalue weighted by atomic mass is 14.1. The molecule has 0 heteroatoms. The summed E-state index contributed by atoms with van der Waals surface area (Å²) in [5.41, 5.74) is 1.46. The second-order valence-electron chi connectivity index (χ2n) is 3.27. The molecule has 2 rings (SSSR count). The van der Waals surface area contributed by atoms with E-state index < -0.39 is 0 Å². The van der Waals surface area contributed by atoms with Gasteiger partial charge in [0.1, 0.15) is 0 Å². The highest BCUT2D eigenvalue weighted by molar-refractivity contribution is 5.20. The Hall–Kier alpha value is -1.17. The summed E-state index contributed by atoms with van der Waals surface area (Å²) in [7, 11) is 0. The Morgan fingerprint density at radius 3 is 2.33 bits per heavy atom. The Bertz CT molecular complexity index is 263. The van der Waals surface area contributed by atoms with Crippen molar-refractivity contribution in [3.63, 3.8) is 0 Å². The fourth-order valence-electron chi connectivity index (χ4n) is 1.58. The minimum absolute atomic E-state index is 0.680. The van der Waals surface area contributed by atoms with Crippen LogP contribution in [0.25, 0.3) is 0 Å². The van der Waals surface area contributed by atoms with E-state index in [0.717, 1.165) is 0 Å². The van der Waals surface area contributed by atoms with Crippen LogP contribution in [-0.4, -0.2) is 0 Å². The second kappa shape index (κ2) is 3.48. The van der Waals surface area contributed by atoms with Gasteiger partial charge < -0.3 is 0 Å². The normalized spacial score (nSPS) is 16.0. The van der Waals surface area contributed by atoms with Crippen molar-refractivity contribution in [1.82, 2.24) is 0 Å². The maximum Gasteiger partial charge on any atom is -0.00538 e. The monoisotopic (exact) mass is 157 g/mol. The zero-order valence-corrected chi connectivity index (χ0v) is 7.11. The van der Waals surface area contributed by atoms with Crippen LogP contribution in [-0.2, 0) is 6.42 Å². The van der Waals surface area contributed by atoms with Gasteiger partial charge in [0, 0.05) is 0 Å². The van der Waals surface area contributed by atoms with Crippen LogP contribution < -0.4 is 0 Å². The smallest absolute Gasteiger partial charge is 0.00538 e. The molecule has 0 radical (unpaired) electrons. The topological polar surface area (TPSA) is 0 Å². The first kappa shape index (κ1) is 7.48. The molecule has 1 aliphatic rings. The van der Waals surface area contributed by atoms with Crippen LogP contribution in [0.15, 0.2) is 48.6 Å². The standard InChI is InChI=1S/C12H13/c1-2-6-11(5-1)9-10-12-7-3-4-8-12/h1-8,11H,9-10H2/q-1. The molecule has 1 aromatic rings. The van der Waals surface area contributed by atoms with Crippen LogP contribution in [0.5, 0.6) is 0 Å². The van der Waals surface area contributed by atoms with E-state index in [-0.39, 0.29) is 0 Å². The molecule has 1 aliphatic carbocycles. The molecular formula is C12H13-. The van der Waals surface area contributed by atoms with E-state index in [4.69, 9.17) is 0 Å². The Labute approximate surface area is 73.6 Å². The van der Waals surface area contributed by atoms with Crippen LogP contribution >= 0.6 is 0 Å². The summed E-state index contributed by atoms with van der Waals surface area (Å²) >= 11 is 0. The lowest BCUT2D eigenvalue weighted by atomic mass is 10.0. The van der Waals surface area contributed by atoms with Gasteiger partial charge in [-0.25, -0.2) is 12.1 Å². The van der Waals surface area contributed by atoms with E-state index in [1.807, 2.05) is 0 Å². The van der Waals surface area contributed by atoms with Gasteiger partial charge in [-0.15, -0.1) is 0 Å². The predicted octanol–water partition coefficient (Wildman–Crippen LogP) is 3.08. The molecule has 0 saturated carbocycles.